The van der Waals surface area contributed by atoms with Crippen LogP contribution >= 0.6 is 0 Å². The third-order valence-electron chi connectivity index (χ3n) is 2.86. The maximum atomic E-state index is 11.4. The number of hydrogen-bond acceptors (Lipinski definition) is 4. The van der Waals surface area contributed by atoms with Crippen molar-refractivity contribution < 1.29 is 14.6 Å². The molecular weight excluding hydrogens is 280 g/mol. The van der Waals surface area contributed by atoms with Crippen molar-refractivity contribution in [3.8, 4) is 5.75 Å². The van der Waals surface area contributed by atoms with Crippen LogP contribution in [-0.2, 0) is 4.74 Å². The molecule has 5 nitrogen and oxygen atoms in total. The van der Waals surface area contributed by atoms with Crippen LogP contribution < -0.4 is 10.6 Å². The van der Waals surface area contributed by atoms with Crippen LogP contribution in [0.15, 0.2) is 36.4 Å². The Morgan fingerprint density at radius 2 is 1.82 bits per heavy atom. The molecule has 1 rings (SSSR count). The normalized spacial score (nSPS) is 13.1. The summed E-state index contributed by atoms with van der Waals surface area (Å²) in [7, 11) is 0. The first-order valence-corrected chi connectivity index (χ1v) is 7.42. The van der Waals surface area contributed by atoms with Gasteiger partial charge in [-0.1, -0.05) is 24.3 Å². The van der Waals surface area contributed by atoms with E-state index in [1.807, 2.05) is 45.1 Å². The van der Waals surface area contributed by atoms with E-state index >= 15 is 0 Å². The lowest BCUT2D eigenvalue weighted by Gasteiger charge is -2.19. The molecular formula is C17H26N2O3. The van der Waals surface area contributed by atoms with E-state index < -0.39 is 11.7 Å². The monoisotopic (exact) mass is 306 g/mol. The quantitative estimate of drug-likeness (QED) is 0.706. The number of hydrogen-bond donors (Lipinski definition) is 3. The molecule has 0 radical (unpaired) electrons. The van der Waals surface area contributed by atoms with Crippen LogP contribution in [-0.4, -0.2) is 29.9 Å². The first-order valence-electron chi connectivity index (χ1n) is 7.42. The minimum absolute atomic E-state index is 0.184. The molecule has 0 aliphatic rings. The molecule has 1 unspecified atom stereocenters. The van der Waals surface area contributed by atoms with Crippen LogP contribution in [0.4, 0.5) is 4.79 Å². The third kappa shape index (κ3) is 7.69. The Balaban J connectivity index is 2.21. The molecule has 1 aromatic rings. The van der Waals surface area contributed by atoms with Gasteiger partial charge in [0.05, 0.1) is 0 Å². The van der Waals surface area contributed by atoms with Gasteiger partial charge in [-0.2, -0.15) is 0 Å². The number of ether oxygens (including phenoxy) is 1. The van der Waals surface area contributed by atoms with Gasteiger partial charge in [0.25, 0.3) is 0 Å². The van der Waals surface area contributed by atoms with Crippen molar-refractivity contribution in [2.24, 2.45) is 0 Å². The molecule has 3 N–H and O–H groups in total. The predicted octanol–water partition coefficient (Wildman–Crippen LogP) is 3.12. The Labute approximate surface area is 132 Å². The van der Waals surface area contributed by atoms with E-state index in [2.05, 4.69) is 17.6 Å². The van der Waals surface area contributed by atoms with E-state index in [9.17, 15) is 9.90 Å². The fraction of sp³-hybridized carbons (Fsp3) is 0.471. The average molecular weight is 306 g/mol. The SMILES string of the molecule is CC(NC/C=C/CNC(=O)OC(C)(C)C)c1ccc(O)cc1. The van der Waals surface area contributed by atoms with Crippen molar-refractivity contribution in [2.75, 3.05) is 13.1 Å². The summed E-state index contributed by atoms with van der Waals surface area (Å²) in [5, 5.41) is 15.2. The zero-order valence-electron chi connectivity index (χ0n) is 13.7. The van der Waals surface area contributed by atoms with E-state index in [4.69, 9.17) is 4.74 Å². The molecule has 0 saturated heterocycles. The van der Waals surface area contributed by atoms with Gasteiger partial charge in [0.1, 0.15) is 11.4 Å². The lowest BCUT2D eigenvalue weighted by molar-refractivity contribution is 0.0534. The van der Waals surface area contributed by atoms with Crippen molar-refractivity contribution in [2.45, 2.75) is 39.3 Å². The molecule has 22 heavy (non-hydrogen) atoms. The number of phenols is 1. The molecule has 0 aliphatic carbocycles. The number of benzene rings is 1. The molecule has 122 valence electrons. The maximum absolute atomic E-state index is 11.4. The zero-order chi connectivity index (χ0) is 16.6. The number of carbonyl (C=O) groups excluding carboxylic acids is 1. The van der Waals surface area contributed by atoms with E-state index in [1.54, 1.807) is 12.1 Å². The second kappa shape index (κ2) is 8.44. The highest BCUT2D eigenvalue weighted by Gasteiger charge is 2.14. The topological polar surface area (TPSA) is 70.6 Å². The minimum Gasteiger partial charge on any atom is -0.508 e. The van der Waals surface area contributed by atoms with E-state index in [0.717, 1.165) is 5.56 Å². The van der Waals surface area contributed by atoms with Gasteiger partial charge in [-0.05, 0) is 45.4 Å². The number of alkyl carbamates (subject to hydrolysis) is 1. The first-order chi connectivity index (χ1) is 10.3. The van der Waals surface area contributed by atoms with Crippen LogP contribution in [0.25, 0.3) is 0 Å². The van der Waals surface area contributed by atoms with Crippen LogP contribution in [0.3, 0.4) is 0 Å². The summed E-state index contributed by atoms with van der Waals surface area (Å²) in [6.07, 6.45) is 3.41. The number of carbonyl (C=O) groups is 1. The largest absolute Gasteiger partial charge is 0.508 e. The smallest absolute Gasteiger partial charge is 0.407 e. The molecule has 1 atom stereocenters. The van der Waals surface area contributed by atoms with Gasteiger partial charge >= 0.3 is 6.09 Å². The Morgan fingerprint density at radius 3 is 2.41 bits per heavy atom. The molecule has 1 amide bonds. The molecule has 0 spiro atoms. The summed E-state index contributed by atoms with van der Waals surface area (Å²) in [6.45, 7) is 8.67. The lowest BCUT2D eigenvalue weighted by Crippen LogP contribution is -2.32. The Kier molecular flexibility index (Phi) is 6.92. The fourth-order valence-corrected chi connectivity index (χ4v) is 1.75. The summed E-state index contributed by atoms with van der Waals surface area (Å²) in [5.41, 5.74) is 0.632. The van der Waals surface area contributed by atoms with Crippen LogP contribution in [0.2, 0.25) is 0 Å². The molecule has 0 heterocycles. The van der Waals surface area contributed by atoms with Crippen LogP contribution in [0.1, 0.15) is 39.3 Å². The van der Waals surface area contributed by atoms with Crippen LogP contribution in [0.5, 0.6) is 5.75 Å². The summed E-state index contributed by atoms with van der Waals surface area (Å²) in [4.78, 5) is 11.4. The number of rotatable bonds is 6. The van der Waals surface area contributed by atoms with Gasteiger partial charge in [-0.15, -0.1) is 0 Å². The Morgan fingerprint density at radius 1 is 1.23 bits per heavy atom. The number of amides is 1. The number of aromatic hydroxyl groups is 1. The summed E-state index contributed by atoms with van der Waals surface area (Å²) < 4.78 is 5.13. The maximum Gasteiger partial charge on any atom is 0.407 e. The van der Waals surface area contributed by atoms with Crippen molar-refractivity contribution >= 4 is 6.09 Å². The highest BCUT2D eigenvalue weighted by Crippen LogP contribution is 2.15. The van der Waals surface area contributed by atoms with Gasteiger partial charge in [0.2, 0.25) is 0 Å². The van der Waals surface area contributed by atoms with E-state index in [1.165, 1.54) is 0 Å². The van der Waals surface area contributed by atoms with Crippen molar-refractivity contribution in [1.29, 1.82) is 0 Å². The molecule has 5 heteroatoms. The van der Waals surface area contributed by atoms with Gasteiger partial charge in [-0.3, -0.25) is 0 Å². The second-order valence-corrected chi connectivity index (χ2v) is 6.08. The first kappa shape index (κ1) is 18.0. The third-order valence-corrected chi connectivity index (χ3v) is 2.86. The molecule has 1 aromatic carbocycles. The van der Waals surface area contributed by atoms with Crippen molar-refractivity contribution in [3.05, 3.63) is 42.0 Å². The average Bonchev–Trinajstić information content (AvgIpc) is 2.41. The molecule has 0 fully saturated rings. The van der Waals surface area contributed by atoms with Gasteiger partial charge < -0.3 is 20.5 Å². The van der Waals surface area contributed by atoms with E-state index in [0.29, 0.717) is 13.1 Å². The van der Waals surface area contributed by atoms with Gasteiger partial charge in [0.15, 0.2) is 0 Å². The Hall–Kier alpha value is -2.01. The van der Waals surface area contributed by atoms with Crippen LogP contribution in [0, 0.1) is 0 Å². The van der Waals surface area contributed by atoms with Crippen molar-refractivity contribution in [1.82, 2.24) is 10.6 Å². The molecule has 0 aromatic heterocycles. The standard InChI is InChI=1S/C17H26N2O3/c1-13(14-7-9-15(20)10-8-14)18-11-5-6-12-19-16(21)22-17(2,3)4/h5-10,13,18,20H,11-12H2,1-4H3,(H,19,21)/b6-5+. The molecule has 0 aliphatic heterocycles. The van der Waals surface area contributed by atoms with Gasteiger partial charge in [-0.25, -0.2) is 4.79 Å². The molecule has 0 bridgehead atoms. The zero-order valence-corrected chi connectivity index (χ0v) is 13.7. The Bertz CT molecular complexity index is 490. The summed E-state index contributed by atoms with van der Waals surface area (Å²) in [6, 6.07) is 7.31. The fourth-order valence-electron chi connectivity index (χ4n) is 1.75. The van der Waals surface area contributed by atoms with Gasteiger partial charge in [0, 0.05) is 19.1 Å². The molecule has 0 saturated carbocycles. The highest BCUT2D eigenvalue weighted by molar-refractivity contribution is 5.67. The number of phenolic OH excluding ortho intramolecular Hbond substituents is 1. The predicted molar refractivity (Wildman–Crippen MR) is 87.9 cm³/mol. The second-order valence-electron chi connectivity index (χ2n) is 6.08. The lowest BCUT2D eigenvalue weighted by atomic mass is 10.1. The summed E-state index contributed by atoms with van der Waals surface area (Å²) in [5.74, 6) is 0.268. The number of nitrogens with one attached hydrogen (secondary N) is 2. The minimum atomic E-state index is -0.477. The summed E-state index contributed by atoms with van der Waals surface area (Å²) >= 11 is 0. The van der Waals surface area contributed by atoms with Crippen molar-refractivity contribution in [3.63, 3.8) is 0 Å². The van der Waals surface area contributed by atoms with E-state index in [-0.39, 0.29) is 11.8 Å². The highest BCUT2D eigenvalue weighted by atomic mass is 16.6.